The average Bonchev–Trinajstić information content (AvgIpc) is 2.94. The Morgan fingerprint density at radius 2 is 1.61 bits per heavy atom. The molecule has 190 valence electrons. The molecule has 0 fully saturated rings. The molecule has 0 bridgehead atoms. The number of fused-ring (bicyclic) bond motifs is 1. The number of aromatic amines is 1. The van der Waals surface area contributed by atoms with E-state index in [1.54, 1.807) is 79.9 Å². The number of nitrogen functional groups attached to an aromatic ring is 1. The minimum absolute atomic E-state index is 0.318. The van der Waals surface area contributed by atoms with Crippen molar-refractivity contribution in [2.75, 3.05) is 18.2 Å². The van der Waals surface area contributed by atoms with E-state index in [-0.39, 0.29) is 11.5 Å². The summed E-state index contributed by atoms with van der Waals surface area (Å²) in [6, 6.07) is 27.7. The summed E-state index contributed by atoms with van der Waals surface area (Å²) in [6.45, 7) is 0. The van der Waals surface area contributed by atoms with E-state index in [0.29, 0.717) is 45.6 Å². The third kappa shape index (κ3) is 4.92. The number of hydrogen-bond donors (Lipinski definition) is 3. The van der Waals surface area contributed by atoms with E-state index in [1.165, 1.54) is 4.57 Å². The van der Waals surface area contributed by atoms with Gasteiger partial charge in [0.1, 0.15) is 5.75 Å². The SMILES string of the molecule is COc1ccc(CC(c2ccc(C(=O)Nc3ccccc3N)cc2)n2c(=O)[nH]c3ccccc3c2=O)cc1. The van der Waals surface area contributed by atoms with E-state index < -0.39 is 11.7 Å². The van der Waals surface area contributed by atoms with E-state index in [1.807, 2.05) is 24.3 Å². The molecule has 0 spiro atoms. The van der Waals surface area contributed by atoms with E-state index in [0.717, 1.165) is 5.56 Å². The summed E-state index contributed by atoms with van der Waals surface area (Å²) >= 11 is 0. The van der Waals surface area contributed by atoms with Crippen LogP contribution in [-0.4, -0.2) is 22.6 Å². The molecule has 5 aromatic rings. The highest BCUT2D eigenvalue weighted by molar-refractivity contribution is 6.05. The van der Waals surface area contributed by atoms with Crippen LogP contribution in [0.5, 0.6) is 5.75 Å². The summed E-state index contributed by atoms with van der Waals surface area (Å²) in [7, 11) is 1.59. The van der Waals surface area contributed by atoms with Crippen LogP contribution < -0.4 is 27.0 Å². The number of para-hydroxylation sites is 3. The molecule has 0 radical (unpaired) electrons. The number of hydrogen-bond acceptors (Lipinski definition) is 5. The second-order valence-electron chi connectivity index (χ2n) is 8.88. The predicted molar refractivity (Wildman–Crippen MR) is 149 cm³/mol. The molecule has 4 N–H and O–H groups in total. The lowest BCUT2D eigenvalue weighted by Gasteiger charge is -2.21. The molecule has 1 aromatic heterocycles. The van der Waals surface area contributed by atoms with Crippen LogP contribution in [0, 0.1) is 0 Å². The Bertz CT molecular complexity index is 1720. The number of anilines is 2. The van der Waals surface area contributed by atoms with Gasteiger partial charge in [-0.05, 0) is 66.1 Å². The third-order valence-electron chi connectivity index (χ3n) is 6.50. The Kier molecular flexibility index (Phi) is 6.78. The van der Waals surface area contributed by atoms with Gasteiger partial charge in [0.2, 0.25) is 0 Å². The maximum absolute atomic E-state index is 13.5. The van der Waals surface area contributed by atoms with E-state index in [4.69, 9.17) is 10.5 Å². The van der Waals surface area contributed by atoms with Crippen molar-refractivity contribution in [1.82, 2.24) is 9.55 Å². The third-order valence-corrected chi connectivity index (χ3v) is 6.50. The van der Waals surface area contributed by atoms with Crippen molar-refractivity contribution in [3.8, 4) is 5.75 Å². The number of H-pyrrole nitrogens is 1. The molecule has 38 heavy (non-hydrogen) atoms. The van der Waals surface area contributed by atoms with Crippen LogP contribution in [0.4, 0.5) is 11.4 Å². The quantitative estimate of drug-likeness (QED) is 0.283. The van der Waals surface area contributed by atoms with Gasteiger partial charge in [0, 0.05) is 5.56 Å². The lowest BCUT2D eigenvalue weighted by atomic mass is 9.97. The van der Waals surface area contributed by atoms with Gasteiger partial charge in [-0.3, -0.25) is 14.2 Å². The summed E-state index contributed by atoms with van der Waals surface area (Å²) < 4.78 is 6.50. The highest BCUT2D eigenvalue weighted by Crippen LogP contribution is 2.24. The van der Waals surface area contributed by atoms with Gasteiger partial charge < -0.3 is 20.8 Å². The normalized spacial score (nSPS) is 11.7. The molecule has 1 amide bonds. The number of rotatable bonds is 7. The monoisotopic (exact) mass is 506 g/mol. The fraction of sp³-hybridized carbons (Fsp3) is 0.100. The van der Waals surface area contributed by atoms with Crippen molar-refractivity contribution >= 4 is 28.2 Å². The first-order valence-corrected chi connectivity index (χ1v) is 12.1. The van der Waals surface area contributed by atoms with Crippen LogP contribution in [0.2, 0.25) is 0 Å². The molecule has 1 unspecified atom stereocenters. The number of aromatic nitrogens is 2. The van der Waals surface area contributed by atoms with Gasteiger partial charge in [-0.25, -0.2) is 4.79 Å². The number of nitrogens with two attached hydrogens (primary N) is 1. The fourth-order valence-corrected chi connectivity index (χ4v) is 4.46. The molecule has 0 aliphatic rings. The topological polar surface area (TPSA) is 119 Å². The molecule has 0 saturated heterocycles. The molecule has 0 aliphatic heterocycles. The largest absolute Gasteiger partial charge is 0.497 e. The molecule has 8 heteroatoms. The molecule has 1 atom stereocenters. The van der Waals surface area contributed by atoms with Gasteiger partial charge in [-0.2, -0.15) is 0 Å². The molecule has 0 saturated carbocycles. The lowest BCUT2D eigenvalue weighted by Crippen LogP contribution is -2.39. The van der Waals surface area contributed by atoms with E-state index >= 15 is 0 Å². The number of benzene rings is 4. The first-order valence-electron chi connectivity index (χ1n) is 12.1. The molecule has 0 aliphatic carbocycles. The second kappa shape index (κ2) is 10.5. The predicted octanol–water partition coefficient (Wildman–Crippen LogP) is 4.37. The fourth-order valence-electron chi connectivity index (χ4n) is 4.46. The van der Waals surface area contributed by atoms with Gasteiger partial charge in [-0.1, -0.05) is 48.5 Å². The molecule has 8 nitrogen and oxygen atoms in total. The van der Waals surface area contributed by atoms with Crippen molar-refractivity contribution in [2.24, 2.45) is 0 Å². The van der Waals surface area contributed by atoms with Crippen molar-refractivity contribution in [3.05, 3.63) is 135 Å². The Morgan fingerprint density at radius 1 is 0.921 bits per heavy atom. The van der Waals surface area contributed by atoms with Crippen LogP contribution in [0.3, 0.4) is 0 Å². The first-order chi connectivity index (χ1) is 18.4. The number of nitrogens with zero attached hydrogens (tertiary/aromatic N) is 1. The number of carbonyl (C=O) groups excluding carboxylic acids is 1. The number of ether oxygens (including phenoxy) is 1. The van der Waals surface area contributed by atoms with E-state index in [9.17, 15) is 14.4 Å². The molecule has 5 rings (SSSR count). The smallest absolute Gasteiger partial charge is 0.329 e. The summed E-state index contributed by atoms with van der Waals surface area (Å²) in [6.07, 6.45) is 0.372. The highest BCUT2D eigenvalue weighted by atomic mass is 16.5. The zero-order valence-electron chi connectivity index (χ0n) is 20.7. The number of methoxy groups -OCH3 is 1. The van der Waals surface area contributed by atoms with Crippen LogP contribution in [0.25, 0.3) is 10.9 Å². The lowest BCUT2D eigenvalue weighted by molar-refractivity contribution is 0.102. The standard InChI is InChI=1S/C30H26N4O4/c1-38-22-16-10-19(11-17-22)18-27(34-29(36)23-6-2-4-8-25(23)33-30(34)37)20-12-14-21(15-13-20)28(35)32-26-9-5-3-7-24(26)31/h2-17,27H,18,31H2,1H3,(H,32,35)(H,33,37). The maximum atomic E-state index is 13.5. The van der Waals surface area contributed by atoms with Crippen LogP contribution in [-0.2, 0) is 6.42 Å². The minimum atomic E-state index is -0.619. The van der Waals surface area contributed by atoms with E-state index in [2.05, 4.69) is 10.3 Å². The average molecular weight is 507 g/mol. The Labute approximate surface area is 218 Å². The first kappa shape index (κ1) is 24.6. The summed E-state index contributed by atoms with van der Waals surface area (Å²) in [5, 5.41) is 3.23. The van der Waals surface area contributed by atoms with Gasteiger partial charge in [0.05, 0.1) is 35.4 Å². The zero-order chi connectivity index (χ0) is 26.6. The van der Waals surface area contributed by atoms with Crippen molar-refractivity contribution in [3.63, 3.8) is 0 Å². The summed E-state index contributed by atoms with van der Waals surface area (Å²) in [4.78, 5) is 42.4. The van der Waals surface area contributed by atoms with Crippen molar-refractivity contribution in [2.45, 2.75) is 12.5 Å². The van der Waals surface area contributed by atoms with Crippen molar-refractivity contribution in [1.29, 1.82) is 0 Å². The molecule has 4 aromatic carbocycles. The Morgan fingerprint density at radius 3 is 2.32 bits per heavy atom. The Hall–Kier alpha value is -5.11. The zero-order valence-corrected chi connectivity index (χ0v) is 20.7. The summed E-state index contributed by atoms with van der Waals surface area (Å²) in [5.74, 6) is 0.391. The highest BCUT2D eigenvalue weighted by Gasteiger charge is 2.21. The number of carbonyl (C=O) groups is 1. The van der Waals surface area contributed by atoms with Gasteiger partial charge in [0.25, 0.3) is 11.5 Å². The number of amides is 1. The summed E-state index contributed by atoms with van der Waals surface area (Å²) in [5.41, 5.74) is 8.56. The molecular weight excluding hydrogens is 480 g/mol. The molecular formula is C30H26N4O4. The van der Waals surface area contributed by atoms with Gasteiger partial charge >= 0.3 is 5.69 Å². The van der Waals surface area contributed by atoms with Crippen molar-refractivity contribution < 1.29 is 9.53 Å². The number of nitrogens with one attached hydrogen (secondary N) is 2. The Balaban J connectivity index is 1.54. The van der Waals surface area contributed by atoms with Crippen LogP contribution in [0.15, 0.2) is 107 Å². The van der Waals surface area contributed by atoms with Gasteiger partial charge in [-0.15, -0.1) is 0 Å². The maximum Gasteiger partial charge on any atom is 0.329 e. The van der Waals surface area contributed by atoms with Gasteiger partial charge in [0.15, 0.2) is 0 Å². The van der Waals surface area contributed by atoms with Crippen LogP contribution >= 0.6 is 0 Å². The van der Waals surface area contributed by atoms with Crippen LogP contribution in [0.1, 0.15) is 27.5 Å². The second-order valence-corrected chi connectivity index (χ2v) is 8.88. The minimum Gasteiger partial charge on any atom is -0.497 e. The molecule has 1 heterocycles.